The molecule has 0 aliphatic heterocycles. The smallest absolute Gasteiger partial charge is 0.159 e. The molecular weight excluding hydrogens is 249 g/mol. The molecule has 4 heteroatoms. The van der Waals surface area contributed by atoms with Gasteiger partial charge in [0.25, 0.3) is 0 Å². The minimum Gasteiger partial charge on any atom is -0.298 e. The largest absolute Gasteiger partial charge is 0.298 e. The minimum absolute atomic E-state index is 0.0167. The van der Waals surface area contributed by atoms with Crippen LogP contribution in [0.15, 0.2) is 28.9 Å². The summed E-state index contributed by atoms with van der Waals surface area (Å²) in [6.45, 7) is 0. The van der Waals surface area contributed by atoms with E-state index in [1.54, 1.807) is 12.1 Å². The molecule has 1 aromatic carbocycles. The Bertz CT molecular complexity index is 513. The van der Waals surface area contributed by atoms with Crippen molar-refractivity contribution in [3.8, 4) is 0 Å². The lowest BCUT2D eigenvalue weighted by Crippen LogP contribution is -1.92. The van der Waals surface area contributed by atoms with Gasteiger partial charge in [0, 0.05) is 16.1 Å². The van der Waals surface area contributed by atoms with Crippen LogP contribution >= 0.6 is 15.9 Å². The number of fused-ring (bicyclic) bond motifs is 1. The van der Waals surface area contributed by atoms with Crippen molar-refractivity contribution in [1.29, 1.82) is 0 Å². The summed E-state index contributed by atoms with van der Waals surface area (Å²) in [5, 5.41) is 0.663. The molecule has 0 N–H and O–H groups in total. The van der Waals surface area contributed by atoms with Gasteiger partial charge in [-0.1, -0.05) is 22.0 Å². The van der Waals surface area contributed by atoms with E-state index < -0.39 is 5.82 Å². The van der Waals surface area contributed by atoms with E-state index in [4.69, 9.17) is 0 Å². The molecule has 0 radical (unpaired) electrons. The van der Waals surface area contributed by atoms with Crippen molar-refractivity contribution in [3.05, 3.63) is 40.2 Å². The van der Waals surface area contributed by atoms with E-state index in [1.807, 2.05) is 0 Å². The second kappa shape index (κ2) is 3.46. The van der Waals surface area contributed by atoms with Crippen LogP contribution in [0.25, 0.3) is 10.9 Å². The first-order chi connectivity index (χ1) is 6.74. The maximum absolute atomic E-state index is 13.5. The Hall–Kier alpha value is -1.29. The molecule has 0 fully saturated rings. The molecule has 0 bridgehead atoms. The van der Waals surface area contributed by atoms with E-state index in [1.165, 1.54) is 12.3 Å². The zero-order valence-electron chi connectivity index (χ0n) is 7.00. The van der Waals surface area contributed by atoms with E-state index in [-0.39, 0.29) is 11.1 Å². The summed E-state index contributed by atoms with van der Waals surface area (Å²) in [5.41, 5.74) is 0.229. The van der Waals surface area contributed by atoms with Crippen molar-refractivity contribution < 1.29 is 9.18 Å². The maximum atomic E-state index is 13.5. The number of hydrogen-bond donors (Lipinski definition) is 0. The van der Waals surface area contributed by atoms with Gasteiger partial charge >= 0.3 is 0 Å². The topological polar surface area (TPSA) is 30.0 Å². The zero-order chi connectivity index (χ0) is 10.1. The highest BCUT2D eigenvalue weighted by Gasteiger charge is 2.10. The Balaban J connectivity index is 2.94. The molecule has 2 aromatic rings. The first-order valence-corrected chi connectivity index (χ1v) is 4.71. The predicted octanol–water partition coefficient (Wildman–Crippen LogP) is 2.95. The Kier molecular flexibility index (Phi) is 2.29. The fourth-order valence-electron chi connectivity index (χ4n) is 1.27. The lowest BCUT2D eigenvalue weighted by Gasteiger charge is -2.02. The molecule has 0 unspecified atom stereocenters. The summed E-state index contributed by atoms with van der Waals surface area (Å²) in [6.07, 6.45) is 1.97. The zero-order valence-corrected chi connectivity index (χ0v) is 8.58. The second-order valence-corrected chi connectivity index (χ2v) is 3.63. The maximum Gasteiger partial charge on any atom is 0.159 e. The van der Waals surface area contributed by atoms with Gasteiger partial charge in [-0.15, -0.1) is 0 Å². The predicted molar refractivity (Wildman–Crippen MR) is 54.8 cm³/mol. The van der Waals surface area contributed by atoms with E-state index in [0.29, 0.717) is 16.1 Å². The molecule has 0 amide bonds. The highest BCUT2D eigenvalue weighted by molar-refractivity contribution is 9.10. The van der Waals surface area contributed by atoms with Gasteiger partial charge in [-0.2, -0.15) is 0 Å². The summed E-state index contributed by atoms with van der Waals surface area (Å²) in [7, 11) is 0. The number of hydrogen-bond acceptors (Lipinski definition) is 2. The normalized spacial score (nSPS) is 10.4. The lowest BCUT2D eigenvalue weighted by molar-refractivity contribution is 0.112. The van der Waals surface area contributed by atoms with Crippen LogP contribution in [-0.4, -0.2) is 11.3 Å². The molecule has 0 aliphatic rings. The Labute approximate surface area is 87.9 Å². The van der Waals surface area contributed by atoms with Gasteiger partial charge in [0.1, 0.15) is 5.52 Å². The van der Waals surface area contributed by atoms with E-state index in [0.717, 1.165) is 0 Å². The van der Waals surface area contributed by atoms with Crippen LogP contribution < -0.4 is 0 Å². The Morgan fingerprint density at radius 3 is 3.00 bits per heavy atom. The van der Waals surface area contributed by atoms with Crippen LogP contribution in [0.4, 0.5) is 4.39 Å². The summed E-state index contributed by atoms with van der Waals surface area (Å²) in [4.78, 5) is 14.4. The molecule has 70 valence electrons. The number of carbonyl (C=O) groups excluding carboxylic acids is 1. The Morgan fingerprint density at radius 2 is 2.29 bits per heavy atom. The van der Waals surface area contributed by atoms with E-state index in [9.17, 15) is 9.18 Å². The highest BCUT2D eigenvalue weighted by Crippen LogP contribution is 2.26. The first kappa shape index (κ1) is 9.27. The highest BCUT2D eigenvalue weighted by atomic mass is 79.9. The van der Waals surface area contributed by atoms with Gasteiger partial charge in [0.15, 0.2) is 12.1 Å². The van der Waals surface area contributed by atoms with Gasteiger partial charge < -0.3 is 0 Å². The van der Waals surface area contributed by atoms with Crippen molar-refractivity contribution in [3.63, 3.8) is 0 Å². The van der Waals surface area contributed by atoms with Crippen molar-refractivity contribution in [2.45, 2.75) is 0 Å². The van der Waals surface area contributed by atoms with Crippen LogP contribution in [0.3, 0.4) is 0 Å². The third-order valence-electron chi connectivity index (χ3n) is 1.94. The van der Waals surface area contributed by atoms with E-state index >= 15 is 0 Å². The first-order valence-electron chi connectivity index (χ1n) is 3.92. The summed E-state index contributed by atoms with van der Waals surface area (Å²) < 4.78 is 14.2. The number of rotatable bonds is 1. The number of aldehydes is 1. The standard InChI is InChI=1S/C10H5BrFNO/c11-8-4-6(5-14)9(12)10-7(8)2-1-3-13-10/h1-5H. The number of pyridine rings is 1. The summed E-state index contributed by atoms with van der Waals surface area (Å²) in [5.74, 6) is -0.571. The molecule has 1 aromatic heterocycles. The molecule has 0 spiro atoms. The van der Waals surface area contributed by atoms with Crippen LogP contribution in [0.2, 0.25) is 0 Å². The van der Waals surface area contributed by atoms with Crippen LogP contribution in [0.1, 0.15) is 10.4 Å². The number of nitrogens with zero attached hydrogens (tertiary/aromatic N) is 1. The second-order valence-electron chi connectivity index (χ2n) is 2.78. The van der Waals surface area contributed by atoms with E-state index in [2.05, 4.69) is 20.9 Å². The monoisotopic (exact) mass is 253 g/mol. The van der Waals surface area contributed by atoms with Crippen molar-refractivity contribution in [2.75, 3.05) is 0 Å². The number of carbonyl (C=O) groups is 1. The summed E-state index contributed by atoms with van der Waals surface area (Å²) in [6, 6.07) is 4.91. The molecule has 14 heavy (non-hydrogen) atoms. The minimum atomic E-state index is -0.571. The lowest BCUT2D eigenvalue weighted by atomic mass is 10.1. The van der Waals surface area contributed by atoms with Gasteiger partial charge in [0.05, 0.1) is 5.56 Å². The van der Waals surface area contributed by atoms with Crippen molar-refractivity contribution >= 4 is 33.1 Å². The average Bonchev–Trinajstić information content (AvgIpc) is 2.23. The molecule has 2 rings (SSSR count). The van der Waals surface area contributed by atoms with Crippen molar-refractivity contribution in [2.24, 2.45) is 0 Å². The fraction of sp³-hybridized carbons (Fsp3) is 0. The molecule has 0 aliphatic carbocycles. The fourth-order valence-corrected chi connectivity index (χ4v) is 1.84. The third-order valence-corrected chi connectivity index (χ3v) is 2.59. The quantitative estimate of drug-likeness (QED) is 0.732. The van der Waals surface area contributed by atoms with Gasteiger partial charge in [-0.05, 0) is 12.1 Å². The molecular formula is C10H5BrFNO. The van der Waals surface area contributed by atoms with Gasteiger partial charge in [-0.3, -0.25) is 9.78 Å². The van der Waals surface area contributed by atoms with Gasteiger partial charge in [-0.25, -0.2) is 4.39 Å². The molecule has 1 heterocycles. The molecule has 2 nitrogen and oxygen atoms in total. The molecule has 0 saturated heterocycles. The third kappa shape index (κ3) is 1.32. The number of aromatic nitrogens is 1. The van der Waals surface area contributed by atoms with Crippen LogP contribution in [-0.2, 0) is 0 Å². The van der Waals surface area contributed by atoms with Crippen LogP contribution in [0.5, 0.6) is 0 Å². The average molecular weight is 254 g/mol. The number of benzene rings is 1. The van der Waals surface area contributed by atoms with Gasteiger partial charge in [0.2, 0.25) is 0 Å². The summed E-state index contributed by atoms with van der Waals surface area (Å²) >= 11 is 3.26. The number of halogens is 2. The molecule has 0 saturated carbocycles. The SMILES string of the molecule is O=Cc1cc(Br)c2cccnc2c1F. The van der Waals surface area contributed by atoms with Crippen molar-refractivity contribution in [1.82, 2.24) is 4.98 Å². The Morgan fingerprint density at radius 1 is 1.50 bits per heavy atom. The van der Waals surface area contributed by atoms with Crippen LogP contribution in [0, 0.1) is 5.82 Å². The molecule has 0 atom stereocenters.